The molecule has 2 aliphatic heterocycles. The van der Waals surface area contributed by atoms with Gasteiger partial charge in [-0.25, -0.2) is 0 Å². The number of hydrogen-bond donors (Lipinski definition) is 1. The molecule has 15 heavy (non-hydrogen) atoms. The third kappa shape index (κ3) is 1.67. The summed E-state index contributed by atoms with van der Waals surface area (Å²) in [5.41, 5.74) is 2.71. The molecule has 1 aromatic rings. The molecule has 2 heterocycles. The largest absolute Gasteiger partial charge is 0.493 e. The fraction of sp³-hybridized carbons (Fsp3) is 0.500. The minimum absolute atomic E-state index is 0.848. The van der Waals surface area contributed by atoms with Crippen LogP contribution >= 0.6 is 0 Å². The van der Waals surface area contributed by atoms with Crippen LogP contribution in [0, 0.1) is 0 Å². The third-order valence-electron chi connectivity index (χ3n) is 3.16. The van der Waals surface area contributed by atoms with Gasteiger partial charge in [0.15, 0.2) is 0 Å². The first-order valence-corrected chi connectivity index (χ1v) is 5.65. The van der Waals surface area contributed by atoms with E-state index in [0.29, 0.717) is 0 Å². The Hall–Kier alpha value is -1.22. The van der Waals surface area contributed by atoms with Gasteiger partial charge in [0, 0.05) is 38.3 Å². The number of hydrogen-bond acceptors (Lipinski definition) is 3. The molecule has 0 amide bonds. The van der Waals surface area contributed by atoms with Crippen LogP contribution in [0.4, 0.5) is 5.69 Å². The van der Waals surface area contributed by atoms with Gasteiger partial charge in [-0.1, -0.05) is 0 Å². The van der Waals surface area contributed by atoms with E-state index in [1.807, 2.05) is 0 Å². The highest BCUT2D eigenvalue weighted by atomic mass is 16.5. The normalized spacial score (nSPS) is 19.9. The fourth-order valence-electron chi connectivity index (χ4n) is 2.29. The van der Waals surface area contributed by atoms with Gasteiger partial charge in [0.25, 0.3) is 0 Å². The minimum atomic E-state index is 0.848. The lowest BCUT2D eigenvalue weighted by Gasteiger charge is -2.29. The quantitative estimate of drug-likeness (QED) is 0.739. The third-order valence-corrected chi connectivity index (χ3v) is 3.16. The molecule has 0 unspecified atom stereocenters. The highest BCUT2D eigenvalue weighted by molar-refractivity contribution is 5.54. The molecule has 1 fully saturated rings. The summed E-state index contributed by atoms with van der Waals surface area (Å²) in [4.78, 5) is 2.44. The lowest BCUT2D eigenvalue weighted by atomic mass is 10.1. The lowest BCUT2D eigenvalue weighted by molar-refractivity contribution is 0.357. The lowest BCUT2D eigenvalue weighted by Crippen LogP contribution is -2.43. The van der Waals surface area contributed by atoms with Gasteiger partial charge >= 0.3 is 0 Å². The monoisotopic (exact) mass is 204 g/mol. The number of fused-ring (bicyclic) bond motifs is 1. The molecule has 0 spiro atoms. The Labute approximate surface area is 90.0 Å². The molecule has 0 aliphatic carbocycles. The molecule has 80 valence electrons. The predicted octanol–water partition coefficient (Wildman–Crippen LogP) is 1.03. The summed E-state index contributed by atoms with van der Waals surface area (Å²) in [7, 11) is 0. The number of anilines is 1. The van der Waals surface area contributed by atoms with E-state index in [1.54, 1.807) is 0 Å². The van der Waals surface area contributed by atoms with Crippen molar-refractivity contribution in [2.75, 3.05) is 37.7 Å². The van der Waals surface area contributed by atoms with Gasteiger partial charge in [-0.3, -0.25) is 0 Å². The number of nitrogens with zero attached hydrogens (tertiary/aromatic N) is 1. The van der Waals surface area contributed by atoms with Crippen LogP contribution in [0.2, 0.25) is 0 Å². The first kappa shape index (κ1) is 9.04. The van der Waals surface area contributed by atoms with E-state index < -0.39 is 0 Å². The molecular weight excluding hydrogens is 188 g/mol. The van der Waals surface area contributed by atoms with Crippen molar-refractivity contribution in [1.82, 2.24) is 5.32 Å². The number of piperazine rings is 1. The Balaban J connectivity index is 1.85. The summed E-state index contributed by atoms with van der Waals surface area (Å²) in [6, 6.07) is 6.57. The molecule has 3 rings (SSSR count). The average molecular weight is 204 g/mol. The molecule has 1 aromatic carbocycles. The predicted molar refractivity (Wildman–Crippen MR) is 60.7 cm³/mol. The maximum absolute atomic E-state index is 5.51. The molecule has 3 nitrogen and oxygen atoms in total. The Morgan fingerprint density at radius 2 is 2.07 bits per heavy atom. The van der Waals surface area contributed by atoms with E-state index in [0.717, 1.165) is 45.0 Å². The van der Waals surface area contributed by atoms with Crippen molar-refractivity contribution < 1.29 is 4.74 Å². The number of ether oxygens (including phenoxy) is 1. The molecule has 3 heteroatoms. The van der Waals surface area contributed by atoms with Gasteiger partial charge < -0.3 is 15.0 Å². The summed E-state index contributed by atoms with van der Waals surface area (Å²) < 4.78 is 5.51. The van der Waals surface area contributed by atoms with Crippen molar-refractivity contribution in [3.05, 3.63) is 23.8 Å². The smallest absolute Gasteiger partial charge is 0.122 e. The van der Waals surface area contributed by atoms with Crippen LogP contribution in [-0.4, -0.2) is 32.8 Å². The summed E-state index contributed by atoms with van der Waals surface area (Å²) in [6.07, 6.45) is 1.06. The highest BCUT2D eigenvalue weighted by Crippen LogP contribution is 2.29. The first-order valence-electron chi connectivity index (χ1n) is 5.65. The minimum Gasteiger partial charge on any atom is -0.493 e. The van der Waals surface area contributed by atoms with E-state index in [9.17, 15) is 0 Å². The Morgan fingerprint density at radius 1 is 1.20 bits per heavy atom. The van der Waals surface area contributed by atoms with Gasteiger partial charge in [0.2, 0.25) is 0 Å². The number of benzene rings is 1. The molecule has 0 atom stereocenters. The van der Waals surface area contributed by atoms with Crippen LogP contribution in [0.25, 0.3) is 0 Å². The second kappa shape index (κ2) is 3.74. The standard InChI is InChI=1S/C12H16N2O/c1-2-12-10(3-8-15-12)9-11(1)14-6-4-13-5-7-14/h1-2,9,13H,3-8H2. The molecular formula is C12H16N2O. The van der Waals surface area contributed by atoms with Crippen molar-refractivity contribution >= 4 is 5.69 Å². The molecule has 0 saturated carbocycles. The van der Waals surface area contributed by atoms with E-state index >= 15 is 0 Å². The fourth-order valence-corrected chi connectivity index (χ4v) is 2.29. The topological polar surface area (TPSA) is 24.5 Å². The summed E-state index contributed by atoms with van der Waals surface area (Å²) in [5.74, 6) is 1.08. The summed E-state index contributed by atoms with van der Waals surface area (Å²) in [5, 5.41) is 3.37. The van der Waals surface area contributed by atoms with Crippen molar-refractivity contribution in [2.24, 2.45) is 0 Å². The van der Waals surface area contributed by atoms with Gasteiger partial charge in [-0.2, -0.15) is 0 Å². The van der Waals surface area contributed by atoms with Gasteiger partial charge in [-0.15, -0.1) is 0 Å². The van der Waals surface area contributed by atoms with Crippen LogP contribution in [0.15, 0.2) is 18.2 Å². The van der Waals surface area contributed by atoms with Gasteiger partial charge in [-0.05, 0) is 23.8 Å². The SMILES string of the molecule is c1cc2c(cc1N1CCNCC1)CCO2. The maximum Gasteiger partial charge on any atom is 0.122 e. The second-order valence-electron chi connectivity index (χ2n) is 4.13. The molecule has 0 bridgehead atoms. The van der Waals surface area contributed by atoms with E-state index in [-0.39, 0.29) is 0 Å². The number of rotatable bonds is 1. The zero-order valence-electron chi connectivity index (χ0n) is 8.83. The van der Waals surface area contributed by atoms with Crippen molar-refractivity contribution in [2.45, 2.75) is 6.42 Å². The van der Waals surface area contributed by atoms with E-state index in [1.165, 1.54) is 11.3 Å². The van der Waals surface area contributed by atoms with Gasteiger partial charge in [0.05, 0.1) is 6.61 Å². The molecule has 1 N–H and O–H groups in total. The molecule has 0 aromatic heterocycles. The van der Waals surface area contributed by atoms with Crippen molar-refractivity contribution in [3.8, 4) is 5.75 Å². The van der Waals surface area contributed by atoms with Crippen molar-refractivity contribution in [1.29, 1.82) is 0 Å². The zero-order valence-corrected chi connectivity index (χ0v) is 8.83. The summed E-state index contributed by atoms with van der Waals surface area (Å²) in [6.45, 7) is 5.25. The highest BCUT2D eigenvalue weighted by Gasteiger charge is 2.15. The van der Waals surface area contributed by atoms with Crippen LogP contribution in [0.3, 0.4) is 0 Å². The average Bonchev–Trinajstić information content (AvgIpc) is 2.77. The Morgan fingerprint density at radius 3 is 2.93 bits per heavy atom. The van der Waals surface area contributed by atoms with E-state index in [2.05, 4.69) is 28.4 Å². The van der Waals surface area contributed by atoms with Crippen molar-refractivity contribution in [3.63, 3.8) is 0 Å². The van der Waals surface area contributed by atoms with Gasteiger partial charge in [0.1, 0.15) is 5.75 Å². The summed E-state index contributed by atoms with van der Waals surface area (Å²) >= 11 is 0. The Bertz CT molecular complexity index is 359. The Kier molecular flexibility index (Phi) is 2.25. The van der Waals surface area contributed by atoms with Crippen LogP contribution in [0.1, 0.15) is 5.56 Å². The second-order valence-corrected chi connectivity index (χ2v) is 4.13. The van der Waals surface area contributed by atoms with Crippen LogP contribution < -0.4 is 15.0 Å². The zero-order chi connectivity index (χ0) is 10.1. The first-order chi connectivity index (χ1) is 7.43. The van der Waals surface area contributed by atoms with Crippen LogP contribution in [-0.2, 0) is 6.42 Å². The maximum atomic E-state index is 5.51. The number of nitrogens with one attached hydrogen (secondary N) is 1. The van der Waals surface area contributed by atoms with E-state index in [4.69, 9.17) is 4.74 Å². The van der Waals surface area contributed by atoms with Crippen LogP contribution in [0.5, 0.6) is 5.75 Å². The molecule has 0 radical (unpaired) electrons. The molecule has 2 aliphatic rings. The molecule has 1 saturated heterocycles.